The van der Waals surface area contributed by atoms with Gasteiger partial charge in [0, 0.05) is 23.0 Å². The molecular weight excluding hydrogens is 344 g/mol. The highest BCUT2D eigenvalue weighted by Crippen LogP contribution is 2.25. The first-order valence-corrected chi connectivity index (χ1v) is 7.39. The topological polar surface area (TPSA) is 17.8 Å². The first-order valence-electron chi connectivity index (χ1n) is 5.48. The minimum Gasteiger partial charge on any atom is -0.276 e. The van der Waals surface area contributed by atoms with E-state index in [4.69, 9.17) is 0 Å². The summed E-state index contributed by atoms with van der Waals surface area (Å²) in [4.78, 5) is 0. The van der Waals surface area contributed by atoms with Gasteiger partial charge in [0.1, 0.15) is 0 Å². The fourth-order valence-corrected chi connectivity index (χ4v) is 2.90. The Balaban J connectivity index is 2.16. The molecule has 4 heteroatoms. The fourth-order valence-electron chi connectivity index (χ4n) is 1.88. The van der Waals surface area contributed by atoms with Crippen LogP contribution in [0.3, 0.4) is 0 Å². The van der Waals surface area contributed by atoms with Gasteiger partial charge in [0.15, 0.2) is 0 Å². The predicted octanol–water partition coefficient (Wildman–Crippen LogP) is 3.90. The number of benzene rings is 1. The molecule has 1 heterocycles. The Kier molecular flexibility index (Phi) is 4.40. The van der Waals surface area contributed by atoms with Crippen molar-refractivity contribution in [2.75, 3.05) is 5.33 Å². The van der Waals surface area contributed by atoms with Gasteiger partial charge in [-0.3, -0.25) is 4.68 Å². The molecule has 0 saturated carbocycles. The number of nitrogens with zero attached hydrogens (tertiary/aromatic N) is 2. The van der Waals surface area contributed by atoms with E-state index in [1.165, 1.54) is 11.1 Å². The molecule has 1 unspecified atom stereocenters. The normalized spacial score (nSPS) is 12.6. The van der Waals surface area contributed by atoms with Crippen molar-refractivity contribution in [1.29, 1.82) is 0 Å². The highest BCUT2D eigenvalue weighted by molar-refractivity contribution is 9.10. The Morgan fingerprint density at radius 3 is 2.82 bits per heavy atom. The van der Waals surface area contributed by atoms with Gasteiger partial charge in [0.05, 0.1) is 6.20 Å². The van der Waals surface area contributed by atoms with Crippen molar-refractivity contribution in [2.24, 2.45) is 7.05 Å². The van der Waals surface area contributed by atoms with Crippen LogP contribution >= 0.6 is 31.9 Å². The second-order valence-corrected chi connectivity index (χ2v) is 5.70. The molecule has 2 aromatic rings. The van der Waals surface area contributed by atoms with Crippen molar-refractivity contribution < 1.29 is 0 Å². The van der Waals surface area contributed by atoms with Crippen LogP contribution < -0.4 is 0 Å². The van der Waals surface area contributed by atoms with Gasteiger partial charge < -0.3 is 0 Å². The lowest BCUT2D eigenvalue weighted by Gasteiger charge is -2.13. The van der Waals surface area contributed by atoms with E-state index in [0.29, 0.717) is 5.92 Å². The van der Waals surface area contributed by atoms with Crippen LogP contribution in [0.4, 0.5) is 0 Å². The van der Waals surface area contributed by atoms with E-state index in [2.05, 4.69) is 67.4 Å². The van der Waals surface area contributed by atoms with Gasteiger partial charge in [-0.1, -0.05) is 44.0 Å². The van der Waals surface area contributed by atoms with Crippen molar-refractivity contribution >= 4 is 31.9 Å². The molecule has 0 aliphatic heterocycles. The predicted molar refractivity (Wildman–Crippen MR) is 77.6 cm³/mol. The third kappa shape index (κ3) is 3.42. The van der Waals surface area contributed by atoms with Crippen LogP contribution in [0.15, 0.2) is 41.1 Å². The monoisotopic (exact) mass is 356 g/mol. The van der Waals surface area contributed by atoms with Crippen LogP contribution in [-0.4, -0.2) is 15.1 Å². The molecule has 0 fully saturated rings. The molecule has 0 bridgehead atoms. The summed E-state index contributed by atoms with van der Waals surface area (Å²) in [5, 5.41) is 5.16. The second-order valence-electron chi connectivity index (χ2n) is 4.13. The molecular formula is C13H14Br2N2. The summed E-state index contributed by atoms with van der Waals surface area (Å²) in [7, 11) is 1.95. The standard InChI is InChI=1S/C13H14Br2N2/c1-17-9-10(8-16-17)5-12(7-14)11-3-2-4-13(15)6-11/h2-4,6,8-9,12H,5,7H2,1H3. The zero-order valence-corrected chi connectivity index (χ0v) is 12.8. The molecule has 1 aromatic carbocycles. The Bertz CT molecular complexity index is 494. The van der Waals surface area contributed by atoms with Crippen LogP contribution in [0.5, 0.6) is 0 Å². The van der Waals surface area contributed by atoms with Crippen LogP contribution in [0.2, 0.25) is 0 Å². The molecule has 1 atom stereocenters. The molecule has 0 radical (unpaired) electrons. The number of aryl methyl sites for hydroxylation is 1. The Morgan fingerprint density at radius 1 is 1.41 bits per heavy atom. The molecule has 90 valence electrons. The van der Waals surface area contributed by atoms with Gasteiger partial charge >= 0.3 is 0 Å². The Hall–Kier alpha value is -0.610. The number of rotatable bonds is 4. The molecule has 2 rings (SSSR count). The van der Waals surface area contributed by atoms with Gasteiger partial charge in [-0.25, -0.2) is 0 Å². The lowest BCUT2D eigenvalue weighted by Crippen LogP contribution is -2.04. The maximum atomic E-state index is 4.21. The van der Waals surface area contributed by atoms with E-state index >= 15 is 0 Å². The fraction of sp³-hybridized carbons (Fsp3) is 0.308. The molecule has 0 N–H and O–H groups in total. The highest BCUT2D eigenvalue weighted by atomic mass is 79.9. The summed E-state index contributed by atoms with van der Waals surface area (Å²) in [5.74, 6) is 0.483. The number of halogens is 2. The van der Waals surface area contributed by atoms with Crippen molar-refractivity contribution in [3.63, 3.8) is 0 Å². The van der Waals surface area contributed by atoms with Gasteiger partial charge in [-0.15, -0.1) is 0 Å². The third-order valence-electron chi connectivity index (χ3n) is 2.75. The molecule has 1 aromatic heterocycles. The SMILES string of the molecule is Cn1cc(CC(CBr)c2cccc(Br)c2)cn1. The quantitative estimate of drug-likeness (QED) is 0.758. The summed E-state index contributed by atoms with van der Waals surface area (Å²) >= 11 is 7.12. The lowest BCUT2D eigenvalue weighted by molar-refractivity contribution is 0.758. The summed E-state index contributed by atoms with van der Waals surface area (Å²) < 4.78 is 2.98. The van der Waals surface area contributed by atoms with E-state index in [9.17, 15) is 0 Å². The number of hydrogen-bond acceptors (Lipinski definition) is 1. The minimum absolute atomic E-state index is 0.483. The Labute approximate surface area is 118 Å². The van der Waals surface area contributed by atoms with Crippen LogP contribution in [0, 0.1) is 0 Å². The second kappa shape index (κ2) is 5.83. The first-order chi connectivity index (χ1) is 8.19. The van der Waals surface area contributed by atoms with Crippen molar-refractivity contribution in [3.8, 4) is 0 Å². The van der Waals surface area contributed by atoms with Gasteiger partial charge in [-0.05, 0) is 35.6 Å². The van der Waals surface area contributed by atoms with Gasteiger partial charge in [0.2, 0.25) is 0 Å². The lowest BCUT2D eigenvalue weighted by atomic mass is 9.95. The molecule has 2 nitrogen and oxygen atoms in total. The summed E-state index contributed by atoms with van der Waals surface area (Å²) in [6.45, 7) is 0. The zero-order chi connectivity index (χ0) is 12.3. The smallest absolute Gasteiger partial charge is 0.0521 e. The molecule has 0 aliphatic rings. The molecule has 17 heavy (non-hydrogen) atoms. The van der Waals surface area contributed by atoms with Gasteiger partial charge in [0.25, 0.3) is 0 Å². The van der Waals surface area contributed by atoms with E-state index in [-0.39, 0.29) is 0 Å². The minimum atomic E-state index is 0.483. The zero-order valence-electron chi connectivity index (χ0n) is 9.61. The average molecular weight is 358 g/mol. The maximum Gasteiger partial charge on any atom is 0.0521 e. The van der Waals surface area contributed by atoms with E-state index < -0.39 is 0 Å². The Morgan fingerprint density at radius 2 is 2.24 bits per heavy atom. The highest BCUT2D eigenvalue weighted by Gasteiger charge is 2.12. The van der Waals surface area contributed by atoms with Crippen LogP contribution in [0.1, 0.15) is 17.0 Å². The van der Waals surface area contributed by atoms with Crippen LogP contribution in [-0.2, 0) is 13.5 Å². The van der Waals surface area contributed by atoms with E-state index in [0.717, 1.165) is 16.2 Å². The largest absolute Gasteiger partial charge is 0.276 e. The molecule has 0 saturated heterocycles. The number of hydrogen-bond donors (Lipinski definition) is 0. The summed E-state index contributed by atoms with van der Waals surface area (Å²) in [5.41, 5.74) is 2.62. The van der Waals surface area contributed by atoms with Crippen molar-refractivity contribution in [3.05, 3.63) is 52.3 Å². The van der Waals surface area contributed by atoms with Crippen molar-refractivity contribution in [1.82, 2.24) is 9.78 Å². The summed E-state index contributed by atoms with van der Waals surface area (Å²) in [6, 6.07) is 8.49. The van der Waals surface area contributed by atoms with Gasteiger partial charge in [-0.2, -0.15) is 5.10 Å². The molecule has 0 aliphatic carbocycles. The average Bonchev–Trinajstić information content (AvgIpc) is 2.72. The van der Waals surface area contributed by atoms with E-state index in [1.807, 2.05) is 17.9 Å². The molecule has 0 amide bonds. The maximum absolute atomic E-state index is 4.21. The van der Waals surface area contributed by atoms with Crippen LogP contribution in [0.25, 0.3) is 0 Å². The first kappa shape index (κ1) is 12.8. The van der Waals surface area contributed by atoms with E-state index in [1.54, 1.807) is 0 Å². The third-order valence-corrected chi connectivity index (χ3v) is 4.02. The summed E-state index contributed by atoms with van der Waals surface area (Å²) in [6.07, 6.45) is 5.02. The van der Waals surface area contributed by atoms with Crippen molar-refractivity contribution in [2.45, 2.75) is 12.3 Å². The number of aromatic nitrogens is 2. The molecule has 0 spiro atoms. The number of alkyl halides is 1.